The molecule has 0 amide bonds. The van der Waals surface area contributed by atoms with E-state index in [-0.39, 0.29) is 5.69 Å². The van der Waals surface area contributed by atoms with Crippen molar-refractivity contribution >= 4 is 22.7 Å². The van der Waals surface area contributed by atoms with Crippen LogP contribution in [0.2, 0.25) is 0 Å². The number of nitrogens with zero attached hydrogens (tertiary/aromatic N) is 1. The molecule has 7 heteroatoms. The van der Waals surface area contributed by atoms with E-state index in [4.69, 9.17) is 5.73 Å². The van der Waals surface area contributed by atoms with Crippen molar-refractivity contribution in [2.75, 3.05) is 11.1 Å². The molecule has 0 spiro atoms. The van der Waals surface area contributed by atoms with Gasteiger partial charge >= 0.3 is 6.18 Å². The molecular formula is C12H12F3N3S. The highest BCUT2D eigenvalue weighted by molar-refractivity contribution is 7.11. The number of thiazole rings is 1. The number of aryl methyl sites for hydroxylation is 1. The first kappa shape index (κ1) is 13.7. The van der Waals surface area contributed by atoms with E-state index in [9.17, 15) is 13.2 Å². The summed E-state index contributed by atoms with van der Waals surface area (Å²) in [5.74, 6) is 0. The van der Waals surface area contributed by atoms with Crippen LogP contribution in [0.5, 0.6) is 0 Å². The number of alkyl halides is 3. The van der Waals surface area contributed by atoms with Crippen molar-refractivity contribution in [2.45, 2.75) is 19.6 Å². The predicted molar refractivity (Wildman–Crippen MR) is 70.0 cm³/mol. The summed E-state index contributed by atoms with van der Waals surface area (Å²) in [5.41, 5.74) is 4.62. The molecule has 0 saturated heterocycles. The molecule has 3 nitrogen and oxygen atoms in total. The Morgan fingerprint density at radius 3 is 2.68 bits per heavy atom. The van der Waals surface area contributed by atoms with E-state index < -0.39 is 11.7 Å². The third-order valence-corrected chi connectivity index (χ3v) is 3.41. The van der Waals surface area contributed by atoms with E-state index in [0.29, 0.717) is 12.2 Å². The van der Waals surface area contributed by atoms with Crippen LogP contribution in [0.25, 0.3) is 0 Å². The second-order valence-electron chi connectivity index (χ2n) is 4.00. The van der Waals surface area contributed by atoms with Gasteiger partial charge in [0.15, 0.2) is 0 Å². The summed E-state index contributed by atoms with van der Waals surface area (Å²) in [4.78, 5) is 5.04. The van der Waals surface area contributed by atoms with E-state index in [0.717, 1.165) is 16.0 Å². The van der Waals surface area contributed by atoms with E-state index in [1.54, 1.807) is 6.20 Å². The first-order chi connectivity index (χ1) is 8.86. The van der Waals surface area contributed by atoms with Crippen LogP contribution in [-0.2, 0) is 12.7 Å². The molecule has 2 aromatic rings. The van der Waals surface area contributed by atoms with Gasteiger partial charge in [-0.15, -0.1) is 11.3 Å². The Morgan fingerprint density at radius 1 is 1.37 bits per heavy atom. The molecule has 1 aromatic heterocycles. The zero-order valence-corrected chi connectivity index (χ0v) is 10.9. The van der Waals surface area contributed by atoms with Crippen molar-refractivity contribution in [2.24, 2.45) is 0 Å². The predicted octanol–water partition coefficient (Wildman–Crippen LogP) is 3.66. The third kappa shape index (κ3) is 3.37. The molecule has 0 saturated carbocycles. The maximum atomic E-state index is 12.7. The summed E-state index contributed by atoms with van der Waals surface area (Å²) < 4.78 is 38.0. The number of nitrogen functional groups attached to an aromatic ring is 1. The molecule has 3 N–H and O–H groups in total. The third-order valence-electron chi connectivity index (χ3n) is 2.49. The number of hydrogen-bond donors (Lipinski definition) is 2. The molecule has 0 unspecified atom stereocenters. The van der Waals surface area contributed by atoms with Crippen LogP contribution >= 0.6 is 11.3 Å². The summed E-state index contributed by atoms with van der Waals surface area (Å²) in [7, 11) is 0. The maximum absolute atomic E-state index is 12.7. The zero-order valence-electron chi connectivity index (χ0n) is 10.1. The standard InChI is InChI=1S/C12H12F3N3S/c1-7-17-5-9(19-7)6-18-8-2-3-11(16)10(4-8)12(13,14)15/h2-5,18H,6,16H2,1H3. The number of halogens is 3. The fourth-order valence-electron chi connectivity index (χ4n) is 1.59. The lowest BCUT2D eigenvalue weighted by atomic mass is 10.1. The van der Waals surface area contributed by atoms with Crippen molar-refractivity contribution in [3.63, 3.8) is 0 Å². The molecule has 2 rings (SSSR count). The topological polar surface area (TPSA) is 50.9 Å². The quantitative estimate of drug-likeness (QED) is 0.847. The van der Waals surface area contributed by atoms with Gasteiger partial charge in [-0.1, -0.05) is 0 Å². The maximum Gasteiger partial charge on any atom is 0.418 e. The largest absolute Gasteiger partial charge is 0.418 e. The Labute approximate surface area is 112 Å². The van der Waals surface area contributed by atoms with E-state index in [1.807, 2.05) is 6.92 Å². The Hall–Kier alpha value is -1.76. The van der Waals surface area contributed by atoms with E-state index in [2.05, 4.69) is 10.3 Å². The lowest BCUT2D eigenvalue weighted by Gasteiger charge is -2.12. The number of hydrogen-bond acceptors (Lipinski definition) is 4. The Morgan fingerprint density at radius 2 is 2.11 bits per heavy atom. The van der Waals surface area contributed by atoms with Crippen molar-refractivity contribution in [1.82, 2.24) is 4.98 Å². The molecule has 0 fully saturated rings. The average molecular weight is 287 g/mol. The minimum Gasteiger partial charge on any atom is -0.398 e. The van der Waals surface area contributed by atoms with Gasteiger partial charge in [0, 0.05) is 22.4 Å². The average Bonchev–Trinajstić information content (AvgIpc) is 2.72. The number of benzene rings is 1. The highest BCUT2D eigenvalue weighted by Crippen LogP contribution is 2.35. The molecule has 0 bridgehead atoms. The molecule has 19 heavy (non-hydrogen) atoms. The Balaban J connectivity index is 2.13. The van der Waals surface area contributed by atoms with E-state index in [1.165, 1.54) is 23.5 Å². The summed E-state index contributed by atoms with van der Waals surface area (Å²) in [6, 6.07) is 3.80. The highest BCUT2D eigenvalue weighted by Gasteiger charge is 2.33. The van der Waals surface area contributed by atoms with E-state index >= 15 is 0 Å². The van der Waals surface area contributed by atoms with Crippen LogP contribution < -0.4 is 11.1 Å². The lowest BCUT2D eigenvalue weighted by Crippen LogP contribution is -2.10. The monoisotopic (exact) mass is 287 g/mol. The van der Waals surface area contributed by atoms with Gasteiger partial charge in [0.05, 0.1) is 17.1 Å². The van der Waals surface area contributed by atoms with Crippen molar-refractivity contribution in [3.05, 3.63) is 39.8 Å². The summed E-state index contributed by atoms with van der Waals surface area (Å²) >= 11 is 1.50. The van der Waals surface area contributed by atoms with Crippen LogP contribution in [0.3, 0.4) is 0 Å². The Bertz CT molecular complexity index is 578. The van der Waals surface area contributed by atoms with Crippen LogP contribution in [-0.4, -0.2) is 4.98 Å². The highest BCUT2D eigenvalue weighted by atomic mass is 32.1. The van der Waals surface area contributed by atoms with Gasteiger partial charge in [-0.3, -0.25) is 0 Å². The number of anilines is 2. The van der Waals surface area contributed by atoms with Crippen LogP contribution in [0.15, 0.2) is 24.4 Å². The van der Waals surface area contributed by atoms with Gasteiger partial charge in [0.25, 0.3) is 0 Å². The summed E-state index contributed by atoms with van der Waals surface area (Å²) in [5, 5.41) is 3.85. The molecular weight excluding hydrogens is 275 g/mol. The SMILES string of the molecule is Cc1ncc(CNc2ccc(N)c(C(F)(F)F)c2)s1. The zero-order chi connectivity index (χ0) is 14.0. The van der Waals surface area contributed by atoms with Gasteiger partial charge < -0.3 is 11.1 Å². The minimum absolute atomic E-state index is 0.272. The second kappa shape index (κ2) is 5.08. The first-order valence-corrected chi connectivity index (χ1v) is 6.30. The molecule has 0 radical (unpaired) electrons. The van der Waals surface area contributed by atoms with Crippen molar-refractivity contribution in [3.8, 4) is 0 Å². The number of nitrogens with one attached hydrogen (secondary N) is 1. The molecule has 0 aliphatic rings. The van der Waals surface area contributed by atoms with Crippen LogP contribution in [0.4, 0.5) is 24.5 Å². The minimum atomic E-state index is -4.44. The van der Waals surface area contributed by atoms with Gasteiger partial charge in [-0.05, 0) is 25.1 Å². The molecule has 0 aliphatic heterocycles. The lowest BCUT2D eigenvalue weighted by molar-refractivity contribution is -0.136. The van der Waals surface area contributed by atoms with Crippen LogP contribution in [0, 0.1) is 6.92 Å². The number of rotatable bonds is 3. The molecule has 0 aliphatic carbocycles. The Kier molecular flexibility index (Phi) is 3.66. The van der Waals surface area contributed by atoms with Crippen LogP contribution in [0.1, 0.15) is 15.4 Å². The van der Waals surface area contributed by atoms with Gasteiger partial charge in [-0.25, -0.2) is 4.98 Å². The first-order valence-electron chi connectivity index (χ1n) is 5.48. The fraction of sp³-hybridized carbons (Fsp3) is 0.250. The summed E-state index contributed by atoms with van der Waals surface area (Å²) in [6.07, 6.45) is -2.74. The molecule has 0 atom stereocenters. The smallest absolute Gasteiger partial charge is 0.398 e. The fourth-order valence-corrected chi connectivity index (χ4v) is 2.32. The molecule has 102 valence electrons. The molecule has 1 heterocycles. The number of aromatic nitrogens is 1. The van der Waals surface area contributed by atoms with Gasteiger partial charge in [0.2, 0.25) is 0 Å². The molecule has 1 aromatic carbocycles. The summed E-state index contributed by atoms with van der Waals surface area (Å²) in [6.45, 7) is 2.31. The van der Waals surface area contributed by atoms with Gasteiger partial charge in [0.1, 0.15) is 0 Å². The number of nitrogens with two attached hydrogens (primary N) is 1. The normalized spacial score (nSPS) is 11.6. The van der Waals surface area contributed by atoms with Gasteiger partial charge in [-0.2, -0.15) is 13.2 Å². The van der Waals surface area contributed by atoms with Crippen molar-refractivity contribution in [1.29, 1.82) is 0 Å². The van der Waals surface area contributed by atoms with Crippen molar-refractivity contribution < 1.29 is 13.2 Å². The second-order valence-corrected chi connectivity index (χ2v) is 5.32.